The monoisotopic (exact) mass is 451 g/mol. The summed E-state index contributed by atoms with van der Waals surface area (Å²) in [4.78, 5) is 14.3. The van der Waals surface area contributed by atoms with E-state index in [4.69, 9.17) is 0 Å². The van der Waals surface area contributed by atoms with Crippen LogP contribution in [0.25, 0.3) is 0 Å². The number of ether oxygens (including phenoxy) is 1. The normalized spacial score (nSPS) is 16.6. The molecule has 1 aromatic carbocycles. The molecular weight excluding hydrogens is 423 g/mol. The molecule has 1 aliphatic heterocycles. The number of likely N-dealkylation sites (N-methyl/N-ethyl adjacent to an activating group) is 1. The van der Waals surface area contributed by atoms with E-state index in [1.54, 1.807) is 0 Å². The van der Waals surface area contributed by atoms with Gasteiger partial charge in [-0.05, 0) is 38.1 Å². The van der Waals surface area contributed by atoms with Gasteiger partial charge in [-0.2, -0.15) is 4.31 Å². The fourth-order valence-electron chi connectivity index (χ4n) is 3.36. The van der Waals surface area contributed by atoms with E-state index in [9.17, 15) is 26.4 Å². The quantitative estimate of drug-likeness (QED) is 0.624. The van der Waals surface area contributed by atoms with E-state index < -0.39 is 22.1 Å². The maximum atomic E-state index is 12.8. The Morgan fingerprint density at radius 2 is 1.87 bits per heavy atom. The minimum absolute atomic E-state index is 0.0974. The minimum atomic E-state index is -4.90. The van der Waals surface area contributed by atoms with Gasteiger partial charge in [0.1, 0.15) is 5.75 Å². The lowest BCUT2D eigenvalue weighted by molar-refractivity contribution is -0.274. The van der Waals surface area contributed by atoms with Crippen LogP contribution >= 0.6 is 0 Å². The highest BCUT2D eigenvalue weighted by Crippen LogP contribution is 2.28. The van der Waals surface area contributed by atoms with Crippen molar-refractivity contribution in [2.75, 3.05) is 39.3 Å². The van der Waals surface area contributed by atoms with Crippen molar-refractivity contribution in [2.45, 2.75) is 37.9 Å². The number of hydrogen-bond acceptors (Lipinski definition) is 5. The third-order valence-corrected chi connectivity index (χ3v) is 7.02. The number of rotatable bonds is 9. The number of piperidine rings is 1. The van der Waals surface area contributed by atoms with Crippen LogP contribution in [0.2, 0.25) is 0 Å². The summed E-state index contributed by atoms with van der Waals surface area (Å²) in [5.74, 6) is -0.973. The molecule has 1 fully saturated rings. The van der Waals surface area contributed by atoms with Crippen molar-refractivity contribution >= 4 is 15.9 Å². The van der Waals surface area contributed by atoms with E-state index in [1.165, 1.54) is 16.4 Å². The first kappa shape index (κ1) is 24.4. The molecule has 7 nitrogen and oxygen atoms in total. The van der Waals surface area contributed by atoms with Crippen LogP contribution in [0, 0.1) is 5.92 Å². The second-order valence-electron chi connectivity index (χ2n) is 7.02. The molecule has 2 rings (SSSR count). The van der Waals surface area contributed by atoms with Crippen LogP contribution in [0.1, 0.15) is 26.7 Å². The number of alkyl halides is 3. The van der Waals surface area contributed by atoms with Gasteiger partial charge in [-0.1, -0.05) is 19.9 Å². The van der Waals surface area contributed by atoms with Gasteiger partial charge in [0.2, 0.25) is 15.9 Å². The van der Waals surface area contributed by atoms with Crippen LogP contribution < -0.4 is 10.1 Å². The molecule has 0 saturated carbocycles. The number of carbonyl (C=O) groups is 1. The Labute approximate surface area is 175 Å². The molecule has 170 valence electrons. The Bertz CT molecular complexity index is 805. The minimum Gasteiger partial charge on any atom is -0.406 e. The van der Waals surface area contributed by atoms with Gasteiger partial charge in [-0.3, -0.25) is 4.79 Å². The molecule has 1 aliphatic rings. The molecule has 1 saturated heterocycles. The fraction of sp³-hybridized carbons (Fsp3) is 0.632. The Kier molecular flexibility index (Phi) is 8.51. The smallest absolute Gasteiger partial charge is 0.406 e. The number of halogens is 3. The molecule has 11 heteroatoms. The first-order chi connectivity index (χ1) is 14.1. The zero-order valence-corrected chi connectivity index (χ0v) is 17.9. The zero-order chi connectivity index (χ0) is 22.4. The molecule has 0 unspecified atom stereocenters. The topological polar surface area (TPSA) is 79.0 Å². The van der Waals surface area contributed by atoms with Crippen molar-refractivity contribution in [3.05, 3.63) is 24.3 Å². The molecule has 0 aromatic heterocycles. The molecule has 0 aliphatic carbocycles. The summed E-state index contributed by atoms with van der Waals surface area (Å²) in [6.45, 7) is 7.43. The number of hydrogen-bond donors (Lipinski definition) is 1. The molecule has 1 aromatic rings. The molecule has 1 heterocycles. The van der Waals surface area contributed by atoms with Gasteiger partial charge < -0.3 is 15.0 Å². The SMILES string of the molecule is CCN(CC)CCNC(=O)C1CCN(S(=O)(=O)c2cccc(OC(F)(F)F)c2)CC1. The van der Waals surface area contributed by atoms with E-state index in [1.807, 2.05) is 13.8 Å². The number of benzene rings is 1. The van der Waals surface area contributed by atoms with Gasteiger partial charge in [0.05, 0.1) is 4.90 Å². The summed E-state index contributed by atoms with van der Waals surface area (Å²) in [6.07, 6.45) is -4.19. The molecule has 1 amide bonds. The molecule has 30 heavy (non-hydrogen) atoms. The second kappa shape index (κ2) is 10.5. The first-order valence-electron chi connectivity index (χ1n) is 9.92. The molecular formula is C19H28F3N3O4S. The van der Waals surface area contributed by atoms with Crippen molar-refractivity contribution in [1.29, 1.82) is 0 Å². The van der Waals surface area contributed by atoms with Gasteiger partial charge >= 0.3 is 6.36 Å². The zero-order valence-electron chi connectivity index (χ0n) is 17.1. The third-order valence-electron chi connectivity index (χ3n) is 5.12. The highest BCUT2D eigenvalue weighted by atomic mass is 32.2. The summed E-state index contributed by atoms with van der Waals surface area (Å²) in [7, 11) is -3.98. The second-order valence-corrected chi connectivity index (χ2v) is 8.96. The Hall–Kier alpha value is -1.85. The standard InChI is InChI=1S/C19H28F3N3O4S/c1-3-24(4-2)13-10-23-18(26)15-8-11-25(12-9-15)30(27,28)17-7-5-6-16(14-17)29-19(20,21)22/h5-7,14-15H,3-4,8-13H2,1-2H3,(H,23,26). The highest BCUT2D eigenvalue weighted by molar-refractivity contribution is 7.89. The highest BCUT2D eigenvalue weighted by Gasteiger charge is 2.34. The van der Waals surface area contributed by atoms with Crippen LogP contribution in [0.4, 0.5) is 13.2 Å². The Morgan fingerprint density at radius 1 is 1.23 bits per heavy atom. The number of nitrogens with zero attached hydrogens (tertiary/aromatic N) is 2. The molecule has 0 bridgehead atoms. The predicted molar refractivity (Wildman–Crippen MR) is 105 cm³/mol. The predicted octanol–water partition coefficient (Wildman–Crippen LogP) is 2.44. The number of amides is 1. The lowest BCUT2D eigenvalue weighted by Gasteiger charge is -2.30. The summed E-state index contributed by atoms with van der Waals surface area (Å²) in [5.41, 5.74) is 0. The number of carbonyl (C=O) groups excluding carboxylic acids is 1. The van der Waals surface area contributed by atoms with E-state index in [-0.39, 0.29) is 29.8 Å². The van der Waals surface area contributed by atoms with Crippen LogP contribution in [0.3, 0.4) is 0 Å². The average molecular weight is 452 g/mol. The molecule has 0 radical (unpaired) electrons. The Balaban J connectivity index is 1.92. The van der Waals surface area contributed by atoms with E-state index in [0.29, 0.717) is 19.4 Å². The summed E-state index contributed by atoms with van der Waals surface area (Å²) >= 11 is 0. The van der Waals surface area contributed by atoms with Crippen LogP contribution in [0.15, 0.2) is 29.2 Å². The maximum absolute atomic E-state index is 12.8. The molecule has 0 atom stereocenters. The summed E-state index contributed by atoms with van der Waals surface area (Å²) < 4.78 is 67.7. The van der Waals surface area contributed by atoms with Crippen molar-refractivity contribution < 1.29 is 31.1 Å². The van der Waals surface area contributed by atoms with Crippen molar-refractivity contribution in [2.24, 2.45) is 5.92 Å². The average Bonchev–Trinajstić information content (AvgIpc) is 2.70. The lowest BCUT2D eigenvalue weighted by Crippen LogP contribution is -2.44. The van der Waals surface area contributed by atoms with Gasteiger partial charge in [-0.25, -0.2) is 8.42 Å². The largest absolute Gasteiger partial charge is 0.573 e. The van der Waals surface area contributed by atoms with Crippen LogP contribution in [-0.4, -0.2) is 69.2 Å². The van der Waals surface area contributed by atoms with Crippen molar-refractivity contribution in [3.63, 3.8) is 0 Å². The first-order valence-corrected chi connectivity index (χ1v) is 11.4. The molecule has 1 N–H and O–H groups in total. The van der Waals surface area contributed by atoms with Crippen LogP contribution in [0.5, 0.6) is 5.75 Å². The number of sulfonamides is 1. The molecule has 0 spiro atoms. The van der Waals surface area contributed by atoms with Crippen molar-refractivity contribution in [3.8, 4) is 5.75 Å². The van der Waals surface area contributed by atoms with Gasteiger partial charge in [0.15, 0.2) is 0 Å². The maximum Gasteiger partial charge on any atom is 0.573 e. The van der Waals surface area contributed by atoms with Gasteiger partial charge in [0.25, 0.3) is 0 Å². The van der Waals surface area contributed by atoms with E-state index in [2.05, 4.69) is 15.0 Å². The lowest BCUT2D eigenvalue weighted by atomic mass is 9.97. The number of nitrogens with one attached hydrogen (secondary N) is 1. The van der Waals surface area contributed by atoms with E-state index >= 15 is 0 Å². The van der Waals surface area contributed by atoms with Crippen LogP contribution in [-0.2, 0) is 14.8 Å². The fourth-order valence-corrected chi connectivity index (χ4v) is 4.87. The Morgan fingerprint density at radius 3 is 2.43 bits per heavy atom. The van der Waals surface area contributed by atoms with E-state index in [0.717, 1.165) is 31.8 Å². The van der Waals surface area contributed by atoms with Crippen molar-refractivity contribution in [1.82, 2.24) is 14.5 Å². The van der Waals surface area contributed by atoms with Gasteiger partial charge in [-0.15, -0.1) is 13.2 Å². The third kappa shape index (κ3) is 6.85. The summed E-state index contributed by atoms with van der Waals surface area (Å²) in [5, 5.41) is 2.89. The summed E-state index contributed by atoms with van der Waals surface area (Å²) in [6, 6.07) is 4.32. The van der Waals surface area contributed by atoms with Gasteiger partial charge in [0, 0.05) is 38.2 Å².